The first-order valence-corrected chi connectivity index (χ1v) is 6.81. The molecule has 0 aromatic heterocycles. The van der Waals surface area contributed by atoms with Crippen LogP contribution in [0, 0.1) is 0 Å². The summed E-state index contributed by atoms with van der Waals surface area (Å²) in [5.74, 6) is 0. The van der Waals surface area contributed by atoms with Gasteiger partial charge in [-0.2, -0.15) is 0 Å². The van der Waals surface area contributed by atoms with Crippen molar-refractivity contribution in [3.63, 3.8) is 0 Å². The van der Waals surface area contributed by atoms with Crippen molar-refractivity contribution in [1.29, 1.82) is 0 Å². The predicted molar refractivity (Wildman–Crippen MR) is 76.3 cm³/mol. The minimum Gasteiger partial charge on any atom is -0.395 e. The fourth-order valence-corrected chi connectivity index (χ4v) is 2.17. The molecule has 0 aliphatic carbocycles. The summed E-state index contributed by atoms with van der Waals surface area (Å²) in [4.78, 5) is 2.08. The fourth-order valence-electron chi connectivity index (χ4n) is 1.86. The fraction of sp³-hybridized carbons (Fsp3) is 0.571. The van der Waals surface area contributed by atoms with E-state index in [1.165, 1.54) is 0 Å². The monoisotopic (exact) mass is 271 g/mol. The van der Waals surface area contributed by atoms with Crippen molar-refractivity contribution in [2.24, 2.45) is 0 Å². The molecule has 0 bridgehead atoms. The third-order valence-electron chi connectivity index (χ3n) is 2.95. The van der Waals surface area contributed by atoms with Crippen LogP contribution in [-0.4, -0.2) is 29.9 Å². The minimum atomic E-state index is -0.515. The summed E-state index contributed by atoms with van der Waals surface area (Å²) in [5.41, 5.74) is 1.73. The summed E-state index contributed by atoms with van der Waals surface area (Å²) in [7, 11) is 0. The number of benzene rings is 1. The highest BCUT2D eigenvalue weighted by molar-refractivity contribution is 6.33. The molecule has 102 valence electrons. The Morgan fingerprint density at radius 1 is 1.33 bits per heavy atom. The molecule has 0 heterocycles. The first kappa shape index (κ1) is 15.3. The summed E-state index contributed by atoms with van der Waals surface area (Å²) in [6.07, 6.45) is 1.65. The Labute approximate surface area is 114 Å². The molecule has 0 aliphatic rings. The van der Waals surface area contributed by atoms with E-state index in [0.29, 0.717) is 11.6 Å². The molecule has 0 aliphatic heterocycles. The Morgan fingerprint density at radius 3 is 2.56 bits per heavy atom. The first-order valence-electron chi connectivity index (χ1n) is 6.43. The molecule has 1 atom stereocenters. The summed E-state index contributed by atoms with van der Waals surface area (Å²) >= 11 is 6.25. The summed E-state index contributed by atoms with van der Waals surface area (Å²) in [5, 5.41) is 19.2. The van der Waals surface area contributed by atoms with E-state index in [1.54, 1.807) is 13.0 Å². The average molecular weight is 272 g/mol. The highest BCUT2D eigenvalue weighted by Gasteiger charge is 2.11. The van der Waals surface area contributed by atoms with Gasteiger partial charge in [-0.1, -0.05) is 31.0 Å². The lowest BCUT2D eigenvalue weighted by molar-refractivity contribution is 0.199. The number of aliphatic hydroxyl groups excluding tert-OH is 2. The van der Waals surface area contributed by atoms with Gasteiger partial charge in [0.15, 0.2) is 0 Å². The second kappa shape index (κ2) is 7.62. The van der Waals surface area contributed by atoms with Gasteiger partial charge in [-0.05, 0) is 31.0 Å². The van der Waals surface area contributed by atoms with Crippen LogP contribution in [0.5, 0.6) is 0 Å². The van der Waals surface area contributed by atoms with E-state index in [1.807, 2.05) is 12.1 Å². The lowest BCUT2D eigenvalue weighted by Gasteiger charge is -2.25. The molecular weight excluding hydrogens is 250 g/mol. The Bertz CT molecular complexity index is 369. The Morgan fingerprint density at radius 2 is 2.06 bits per heavy atom. The van der Waals surface area contributed by atoms with Gasteiger partial charge in [-0.3, -0.25) is 0 Å². The van der Waals surface area contributed by atoms with Crippen LogP contribution >= 0.6 is 11.6 Å². The van der Waals surface area contributed by atoms with Crippen LogP contribution in [0.1, 0.15) is 38.4 Å². The molecular formula is C14H22ClNO2. The number of halogens is 1. The Kier molecular flexibility index (Phi) is 6.47. The number of rotatable bonds is 7. The van der Waals surface area contributed by atoms with Gasteiger partial charge in [-0.15, -0.1) is 0 Å². The van der Waals surface area contributed by atoms with Crippen LogP contribution in [0.3, 0.4) is 0 Å². The average Bonchev–Trinajstić information content (AvgIpc) is 2.34. The van der Waals surface area contributed by atoms with Gasteiger partial charge >= 0.3 is 0 Å². The minimum absolute atomic E-state index is 0.109. The quantitative estimate of drug-likeness (QED) is 0.801. The van der Waals surface area contributed by atoms with Gasteiger partial charge in [0.25, 0.3) is 0 Å². The summed E-state index contributed by atoms with van der Waals surface area (Å²) < 4.78 is 0. The van der Waals surface area contributed by atoms with Crippen LogP contribution in [0.2, 0.25) is 5.02 Å². The van der Waals surface area contributed by atoms with Crippen molar-refractivity contribution < 1.29 is 10.2 Å². The number of hydrogen-bond acceptors (Lipinski definition) is 3. The largest absolute Gasteiger partial charge is 0.395 e. The van der Waals surface area contributed by atoms with Crippen LogP contribution in [0.15, 0.2) is 18.2 Å². The Hall–Kier alpha value is -0.770. The maximum Gasteiger partial charge on any atom is 0.0762 e. The topological polar surface area (TPSA) is 43.7 Å². The maximum atomic E-state index is 9.51. The molecule has 0 spiro atoms. The number of anilines is 1. The van der Waals surface area contributed by atoms with Crippen molar-refractivity contribution in [3.05, 3.63) is 28.8 Å². The van der Waals surface area contributed by atoms with Crippen LogP contribution in [0.4, 0.5) is 5.69 Å². The zero-order chi connectivity index (χ0) is 13.5. The molecule has 18 heavy (non-hydrogen) atoms. The van der Waals surface area contributed by atoms with E-state index < -0.39 is 6.10 Å². The van der Waals surface area contributed by atoms with Gasteiger partial charge in [0, 0.05) is 13.1 Å². The highest BCUT2D eigenvalue weighted by Crippen LogP contribution is 2.29. The molecule has 4 heteroatoms. The lowest BCUT2D eigenvalue weighted by atomic mass is 10.1. The van der Waals surface area contributed by atoms with Crippen molar-refractivity contribution in [3.8, 4) is 0 Å². The molecule has 0 amide bonds. The van der Waals surface area contributed by atoms with Crippen LogP contribution in [-0.2, 0) is 0 Å². The number of unbranched alkanes of at least 4 members (excludes halogenated alkanes) is 1. The standard InChI is InChI=1S/C14H22ClNO2/c1-3-4-7-16(8-9-17)14-6-5-12(11(2)18)10-13(14)15/h5-6,10-11,17-18H,3-4,7-9H2,1-2H3/t11-/m0/s1. The number of nitrogens with zero attached hydrogens (tertiary/aromatic N) is 1. The number of hydrogen-bond donors (Lipinski definition) is 2. The molecule has 1 aromatic carbocycles. The van der Waals surface area contributed by atoms with Crippen LogP contribution < -0.4 is 4.90 Å². The molecule has 0 saturated heterocycles. The molecule has 1 rings (SSSR count). The van der Waals surface area contributed by atoms with Crippen LogP contribution in [0.25, 0.3) is 0 Å². The van der Waals surface area contributed by atoms with Gasteiger partial charge in [0.2, 0.25) is 0 Å². The van der Waals surface area contributed by atoms with Crippen molar-refractivity contribution in [1.82, 2.24) is 0 Å². The van der Waals surface area contributed by atoms with E-state index in [0.717, 1.165) is 30.6 Å². The lowest BCUT2D eigenvalue weighted by Crippen LogP contribution is -2.28. The van der Waals surface area contributed by atoms with Gasteiger partial charge in [0.05, 0.1) is 23.4 Å². The van der Waals surface area contributed by atoms with Crippen molar-refractivity contribution >= 4 is 17.3 Å². The Balaban J connectivity index is 2.90. The van der Waals surface area contributed by atoms with Crippen molar-refractivity contribution in [2.45, 2.75) is 32.8 Å². The SMILES string of the molecule is CCCCN(CCO)c1ccc([C@H](C)O)cc1Cl. The third kappa shape index (κ3) is 4.16. The van der Waals surface area contributed by atoms with Gasteiger partial charge in [-0.25, -0.2) is 0 Å². The highest BCUT2D eigenvalue weighted by atomic mass is 35.5. The van der Waals surface area contributed by atoms with E-state index in [2.05, 4.69) is 11.8 Å². The van der Waals surface area contributed by atoms with Gasteiger partial charge in [0.1, 0.15) is 0 Å². The molecule has 0 unspecified atom stereocenters. The third-order valence-corrected chi connectivity index (χ3v) is 3.25. The maximum absolute atomic E-state index is 9.51. The molecule has 3 nitrogen and oxygen atoms in total. The predicted octanol–water partition coefficient (Wildman–Crippen LogP) is 2.99. The van der Waals surface area contributed by atoms with E-state index in [9.17, 15) is 5.11 Å². The zero-order valence-corrected chi connectivity index (χ0v) is 11.8. The molecule has 2 N–H and O–H groups in total. The second-order valence-corrected chi connectivity index (χ2v) is 4.86. The zero-order valence-electron chi connectivity index (χ0n) is 11.1. The van der Waals surface area contributed by atoms with E-state index >= 15 is 0 Å². The van der Waals surface area contributed by atoms with E-state index in [4.69, 9.17) is 16.7 Å². The first-order chi connectivity index (χ1) is 8.60. The molecule has 1 aromatic rings. The smallest absolute Gasteiger partial charge is 0.0762 e. The molecule has 0 radical (unpaired) electrons. The second-order valence-electron chi connectivity index (χ2n) is 4.45. The van der Waals surface area contributed by atoms with E-state index in [-0.39, 0.29) is 6.61 Å². The van der Waals surface area contributed by atoms with Crippen molar-refractivity contribution in [2.75, 3.05) is 24.6 Å². The molecule has 0 saturated carbocycles. The summed E-state index contributed by atoms with van der Waals surface area (Å²) in [6, 6.07) is 5.58. The number of aliphatic hydroxyl groups is 2. The molecule has 0 fully saturated rings. The summed E-state index contributed by atoms with van der Waals surface area (Å²) in [6.45, 7) is 5.42. The normalized spacial score (nSPS) is 12.5. The van der Waals surface area contributed by atoms with Gasteiger partial charge < -0.3 is 15.1 Å².